The van der Waals surface area contributed by atoms with Gasteiger partial charge in [0.25, 0.3) is 5.91 Å². The number of allylic oxidation sites excluding steroid dienone is 1. The molecule has 0 saturated carbocycles. The molecular formula is C19H16Br2N3OS+. The fourth-order valence-electron chi connectivity index (χ4n) is 2.38. The van der Waals surface area contributed by atoms with Gasteiger partial charge < -0.3 is 0 Å². The standard InChI is InChI=1S/C19H15Br2N3OS/c1-2-11-24-17(13-3-7-15(20)8-4-13)12-26-19(24)23-22-18(25)14-5-9-16(21)10-6-14/h2-10,12H,1,11H2,(H,22,25)/p+1. The number of amides is 1. The zero-order valence-electron chi connectivity index (χ0n) is 13.7. The molecule has 0 aliphatic carbocycles. The third-order valence-electron chi connectivity index (χ3n) is 3.66. The summed E-state index contributed by atoms with van der Waals surface area (Å²) in [6.07, 6.45) is 1.83. The number of nitrogens with zero attached hydrogens (tertiary/aromatic N) is 1. The summed E-state index contributed by atoms with van der Waals surface area (Å²) in [5.74, 6) is -0.193. The minimum absolute atomic E-state index is 0.193. The molecule has 1 aromatic heterocycles. The topological polar surface area (TPSA) is 45.0 Å². The molecule has 0 atom stereocenters. The van der Waals surface area contributed by atoms with Crippen molar-refractivity contribution < 1.29 is 9.36 Å². The summed E-state index contributed by atoms with van der Waals surface area (Å²) in [6, 6.07) is 15.3. The van der Waals surface area contributed by atoms with Gasteiger partial charge in [-0.3, -0.25) is 4.79 Å². The highest BCUT2D eigenvalue weighted by atomic mass is 79.9. The molecular weight excluding hydrogens is 478 g/mol. The number of nitrogens with one attached hydrogen (secondary N) is 2. The predicted molar refractivity (Wildman–Crippen MR) is 113 cm³/mol. The van der Waals surface area contributed by atoms with Crippen LogP contribution in [0.3, 0.4) is 0 Å². The number of hydrogen-bond acceptors (Lipinski definition) is 3. The summed E-state index contributed by atoms with van der Waals surface area (Å²) in [5.41, 5.74) is 8.51. The Balaban J connectivity index is 1.79. The fourth-order valence-corrected chi connectivity index (χ4v) is 3.81. The second-order valence-electron chi connectivity index (χ2n) is 5.42. The van der Waals surface area contributed by atoms with Crippen molar-refractivity contribution in [1.29, 1.82) is 0 Å². The van der Waals surface area contributed by atoms with E-state index in [1.165, 1.54) is 11.3 Å². The third kappa shape index (κ3) is 4.41. The van der Waals surface area contributed by atoms with Crippen molar-refractivity contribution >= 4 is 54.2 Å². The first-order chi connectivity index (χ1) is 12.6. The van der Waals surface area contributed by atoms with Crippen molar-refractivity contribution in [3.8, 4) is 11.3 Å². The molecule has 26 heavy (non-hydrogen) atoms. The monoisotopic (exact) mass is 492 g/mol. The molecule has 0 saturated heterocycles. The minimum Gasteiger partial charge on any atom is -0.266 e. The Morgan fingerprint density at radius 2 is 1.69 bits per heavy atom. The van der Waals surface area contributed by atoms with Crippen LogP contribution in [0.1, 0.15) is 10.4 Å². The van der Waals surface area contributed by atoms with Gasteiger partial charge in [0, 0.05) is 25.5 Å². The molecule has 1 amide bonds. The van der Waals surface area contributed by atoms with E-state index >= 15 is 0 Å². The number of benzene rings is 2. The molecule has 1 heterocycles. The summed E-state index contributed by atoms with van der Waals surface area (Å²) in [7, 11) is 0. The minimum atomic E-state index is -0.193. The molecule has 2 N–H and O–H groups in total. The van der Waals surface area contributed by atoms with E-state index in [-0.39, 0.29) is 5.91 Å². The van der Waals surface area contributed by atoms with E-state index in [1.54, 1.807) is 12.1 Å². The van der Waals surface area contributed by atoms with Gasteiger partial charge in [-0.2, -0.15) is 10.9 Å². The second-order valence-corrected chi connectivity index (χ2v) is 8.11. The highest BCUT2D eigenvalue weighted by Gasteiger charge is 2.19. The molecule has 0 fully saturated rings. The fraction of sp³-hybridized carbons (Fsp3) is 0.0526. The van der Waals surface area contributed by atoms with Crippen LogP contribution >= 0.6 is 43.2 Å². The lowest BCUT2D eigenvalue weighted by Crippen LogP contribution is -2.40. The molecule has 7 heteroatoms. The Kier molecular flexibility index (Phi) is 6.24. The van der Waals surface area contributed by atoms with Crippen LogP contribution in [0.2, 0.25) is 0 Å². The summed E-state index contributed by atoms with van der Waals surface area (Å²) in [5, 5.41) is 2.88. The van der Waals surface area contributed by atoms with Crippen LogP contribution in [-0.2, 0) is 6.54 Å². The predicted octanol–water partition coefficient (Wildman–Crippen LogP) is 5.17. The quantitative estimate of drug-likeness (QED) is 0.282. The van der Waals surface area contributed by atoms with Crippen molar-refractivity contribution in [3.63, 3.8) is 0 Å². The highest BCUT2D eigenvalue weighted by Crippen LogP contribution is 2.24. The van der Waals surface area contributed by atoms with Crippen molar-refractivity contribution in [2.75, 3.05) is 5.43 Å². The van der Waals surface area contributed by atoms with Crippen LogP contribution < -0.4 is 15.4 Å². The van der Waals surface area contributed by atoms with Gasteiger partial charge in [0.15, 0.2) is 0 Å². The molecule has 4 nitrogen and oxygen atoms in total. The first-order valence-electron chi connectivity index (χ1n) is 7.78. The van der Waals surface area contributed by atoms with Crippen molar-refractivity contribution in [2.24, 2.45) is 0 Å². The van der Waals surface area contributed by atoms with E-state index in [4.69, 9.17) is 0 Å². The summed E-state index contributed by atoms with van der Waals surface area (Å²) in [4.78, 5) is 12.3. The number of carbonyl (C=O) groups excluding carboxylic acids is 1. The van der Waals surface area contributed by atoms with E-state index in [9.17, 15) is 4.79 Å². The first kappa shape index (κ1) is 18.8. The molecule has 3 rings (SSSR count). The van der Waals surface area contributed by atoms with Crippen LogP contribution in [0.4, 0.5) is 5.13 Å². The number of thiazole rings is 1. The van der Waals surface area contributed by atoms with Gasteiger partial charge in [-0.05, 0) is 48.5 Å². The number of anilines is 1. The largest absolute Gasteiger partial charge is 0.358 e. The van der Waals surface area contributed by atoms with E-state index in [0.29, 0.717) is 12.1 Å². The third-order valence-corrected chi connectivity index (χ3v) is 5.60. The van der Waals surface area contributed by atoms with Crippen LogP contribution in [0.25, 0.3) is 11.3 Å². The van der Waals surface area contributed by atoms with Crippen LogP contribution in [0.15, 0.2) is 75.5 Å². The Morgan fingerprint density at radius 1 is 1.08 bits per heavy atom. The molecule has 0 spiro atoms. The van der Waals surface area contributed by atoms with Gasteiger partial charge in [0.2, 0.25) is 0 Å². The number of rotatable bonds is 6. The molecule has 132 valence electrons. The second kappa shape index (κ2) is 8.62. The van der Waals surface area contributed by atoms with Gasteiger partial charge in [0.05, 0.1) is 0 Å². The number of hydrogen-bond donors (Lipinski definition) is 2. The smallest absolute Gasteiger partial charge is 0.266 e. The van der Waals surface area contributed by atoms with Gasteiger partial charge >= 0.3 is 5.13 Å². The average Bonchev–Trinajstić information content (AvgIpc) is 3.04. The lowest BCUT2D eigenvalue weighted by Gasteiger charge is -2.05. The zero-order valence-corrected chi connectivity index (χ0v) is 17.7. The Hall–Kier alpha value is -1.96. The number of halogens is 2. The van der Waals surface area contributed by atoms with Crippen molar-refractivity contribution in [3.05, 3.63) is 81.1 Å². The maximum Gasteiger partial charge on any atom is 0.358 e. The maximum absolute atomic E-state index is 12.3. The van der Waals surface area contributed by atoms with Gasteiger partial charge in [0.1, 0.15) is 12.2 Å². The molecule has 2 aromatic carbocycles. The van der Waals surface area contributed by atoms with E-state index in [0.717, 1.165) is 25.3 Å². The van der Waals surface area contributed by atoms with Crippen LogP contribution in [0, 0.1) is 0 Å². The number of hydrazine groups is 1. The van der Waals surface area contributed by atoms with Gasteiger partial charge in [-0.15, -0.1) is 0 Å². The molecule has 0 aliphatic rings. The zero-order chi connectivity index (χ0) is 18.5. The SMILES string of the molecule is C=CC[n+]1c(-c2ccc(Br)cc2)csc1NNC(=O)c1ccc(Br)cc1. The Bertz CT molecular complexity index is 921. The number of carbonyl (C=O) groups is 1. The lowest BCUT2D eigenvalue weighted by atomic mass is 10.2. The van der Waals surface area contributed by atoms with E-state index in [2.05, 4.69) is 71.4 Å². The normalized spacial score (nSPS) is 10.4. The average molecular weight is 494 g/mol. The van der Waals surface area contributed by atoms with E-state index in [1.807, 2.05) is 30.3 Å². The Morgan fingerprint density at radius 3 is 2.31 bits per heavy atom. The lowest BCUT2D eigenvalue weighted by molar-refractivity contribution is -0.658. The van der Waals surface area contributed by atoms with Gasteiger partial charge in [-0.1, -0.05) is 55.9 Å². The first-order valence-corrected chi connectivity index (χ1v) is 10.2. The van der Waals surface area contributed by atoms with Crippen LogP contribution in [-0.4, -0.2) is 5.91 Å². The summed E-state index contributed by atoms with van der Waals surface area (Å²) in [6.45, 7) is 4.46. The van der Waals surface area contributed by atoms with E-state index < -0.39 is 0 Å². The number of aromatic nitrogens is 1. The Labute approximate surface area is 172 Å². The molecule has 0 aliphatic heterocycles. The summed E-state index contributed by atoms with van der Waals surface area (Å²) < 4.78 is 4.04. The molecule has 0 radical (unpaired) electrons. The van der Waals surface area contributed by atoms with Crippen molar-refractivity contribution in [2.45, 2.75) is 6.54 Å². The maximum atomic E-state index is 12.3. The molecule has 0 bridgehead atoms. The summed E-state index contributed by atoms with van der Waals surface area (Å²) >= 11 is 8.35. The van der Waals surface area contributed by atoms with Crippen LogP contribution in [0.5, 0.6) is 0 Å². The highest BCUT2D eigenvalue weighted by molar-refractivity contribution is 9.10. The molecule has 0 unspecified atom stereocenters. The van der Waals surface area contributed by atoms with Gasteiger partial charge in [-0.25, -0.2) is 4.57 Å². The molecule has 3 aromatic rings. The van der Waals surface area contributed by atoms with Crippen molar-refractivity contribution in [1.82, 2.24) is 5.43 Å².